The molecule has 24 heavy (non-hydrogen) atoms. The maximum atomic E-state index is 12.8. The molecule has 1 N–H and O–H groups in total. The Morgan fingerprint density at radius 3 is 2.58 bits per heavy atom. The van der Waals surface area contributed by atoms with Gasteiger partial charge in [0.25, 0.3) is 0 Å². The van der Waals surface area contributed by atoms with Crippen molar-refractivity contribution < 1.29 is 21.6 Å². The summed E-state index contributed by atoms with van der Waals surface area (Å²) in [7, 11) is -3.66. The van der Waals surface area contributed by atoms with Crippen LogP contribution in [0.5, 0.6) is 0 Å². The third-order valence-corrected chi connectivity index (χ3v) is 5.74. The lowest BCUT2D eigenvalue weighted by molar-refractivity contribution is -0.137. The summed E-state index contributed by atoms with van der Waals surface area (Å²) in [5.41, 5.74) is -0.665. The van der Waals surface area contributed by atoms with Crippen molar-refractivity contribution in [2.45, 2.75) is 37.7 Å². The summed E-state index contributed by atoms with van der Waals surface area (Å²) in [5.74, 6) is -0.409. The first-order chi connectivity index (χ1) is 10.7. The Morgan fingerprint density at radius 2 is 2.04 bits per heavy atom. The molecule has 0 spiro atoms. The molecule has 9 heteroatoms. The first-order valence-corrected chi connectivity index (χ1v) is 9.21. The second-order valence-corrected chi connectivity index (χ2v) is 7.63. The lowest BCUT2D eigenvalue weighted by Gasteiger charge is -2.27. The number of nitrogens with zero attached hydrogens (tertiary/aromatic N) is 1. The van der Waals surface area contributed by atoms with E-state index >= 15 is 0 Å². The van der Waals surface area contributed by atoms with Crippen molar-refractivity contribution >= 4 is 22.4 Å². The third kappa shape index (κ3) is 5.34. The van der Waals surface area contributed by atoms with Crippen LogP contribution in [-0.4, -0.2) is 38.4 Å². The van der Waals surface area contributed by atoms with Gasteiger partial charge >= 0.3 is 6.18 Å². The van der Waals surface area contributed by atoms with Crippen molar-refractivity contribution in [1.29, 1.82) is 0 Å². The third-order valence-electron chi connectivity index (χ3n) is 3.85. The van der Waals surface area contributed by atoms with Gasteiger partial charge in [-0.05, 0) is 31.0 Å². The zero-order valence-electron chi connectivity index (χ0n) is 13.3. The summed E-state index contributed by atoms with van der Waals surface area (Å²) in [5, 5.41) is 3.12. The zero-order valence-corrected chi connectivity index (χ0v) is 15.0. The molecular weight excluding hydrogens is 365 g/mol. The van der Waals surface area contributed by atoms with Crippen LogP contribution in [0.3, 0.4) is 0 Å². The lowest BCUT2D eigenvalue weighted by atomic mass is 10.1. The van der Waals surface area contributed by atoms with E-state index in [2.05, 4.69) is 5.32 Å². The molecule has 0 saturated carbocycles. The second kappa shape index (κ2) is 8.51. The van der Waals surface area contributed by atoms with E-state index in [1.165, 1.54) is 16.4 Å². The minimum atomic E-state index is -4.47. The van der Waals surface area contributed by atoms with Crippen molar-refractivity contribution in [2.24, 2.45) is 0 Å². The van der Waals surface area contributed by atoms with Crippen molar-refractivity contribution in [1.82, 2.24) is 9.62 Å². The van der Waals surface area contributed by atoms with E-state index in [4.69, 9.17) is 0 Å². The zero-order chi connectivity index (χ0) is 17.1. The minimum Gasteiger partial charge on any atom is -0.315 e. The van der Waals surface area contributed by atoms with Crippen LogP contribution < -0.4 is 5.32 Å². The highest BCUT2D eigenvalue weighted by Gasteiger charge is 2.33. The molecule has 1 unspecified atom stereocenters. The molecule has 1 atom stereocenters. The van der Waals surface area contributed by atoms with Gasteiger partial charge in [-0.25, -0.2) is 8.42 Å². The van der Waals surface area contributed by atoms with Gasteiger partial charge < -0.3 is 5.32 Å². The molecule has 0 radical (unpaired) electrons. The largest absolute Gasteiger partial charge is 0.416 e. The molecule has 1 aromatic rings. The van der Waals surface area contributed by atoms with Crippen molar-refractivity contribution in [3.05, 3.63) is 35.4 Å². The van der Waals surface area contributed by atoms with Crippen LogP contribution in [-0.2, 0) is 22.0 Å². The van der Waals surface area contributed by atoms with Gasteiger partial charge in [-0.2, -0.15) is 17.5 Å². The van der Waals surface area contributed by atoms with Gasteiger partial charge in [-0.15, -0.1) is 12.4 Å². The van der Waals surface area contributed by atoms with E-state index in [1.54, 1.807) is 0 Å². The van der Waals surface area contributed by atoms with E-state index in [1.807, 2.05) is 6.92 Å². The summed E-state index contributed by atoms with van der Waals surface area (Å²) >= 11 is 0. The molecule has 138 valence electrons. The number of sulfonamides is 1. The lowest BCUT2D eigenvalue weighted by Crippen LogP contribution is -2.42. The van der Waals surface area contributed by atoms with Crippen LogP contribution in [0.2, 0.25) is 0 Å². The Labute approximate surface area is 146 Å². The number of benzene rings is 1. The van der Waals surface area contributed by atoms with E-state index in [9.17, 15) is 21.6 Å². The van der Waals surface area contributed by atoms with Gasteiger partial charge in [0.05, 0.1) is 11.3 Å². The van der Waals surface area contributed by atoms with Gasteiger partial charge in [0.1, 0.15) is 0 Å². The quantitative estimate of drug-likeness (QED) is 0.817. The van der Waals surface area contributed by atoms with Crippen LogP contribution >= 0.6 is 12.4 Å². The van der Waals surface area contributed by atoms with Crippen molar-refractivity contribution in [3.63, 3.8) is 0 Å². The Balaban J connectivity index is 0.00000288. The Kier molecular flexibility index (Phi) is 7.52. The van der Waals surface area contributed by atoms with Crippen molar-refractivity contribution in [3.8, 4) is 0 Å². The fraction of sp³-hybridized carbons (Fsp3) is 0.600. The molecule has 1 aliphatic heterocycles. The molecule has 1 heterocycles. The standard InChI is InChI=1S/C15H21F3N2O2S.ClH/c1-2-8-20(14-6-7-19-10-14)23(21,22)11-12-4-3-5-13(9-12)15(16,17)18;/h3-5,9,14,19H,2,6-8,10-11H2,1H3;1H. The summed E-state index contributed by atoms with van der Waals surface area (Å²) in [6, 6.07) is 4.40. The number of rotatable bonds is 6. The Hall–Kier alpha value is -0.830. The van der Waals surface area contributed by atoms with Gasteiger partial charge in [-0.3, -0.25) is 0 Å². The van der Waals surface area contributed by atoms with Gasteiger partial charge in [0.15, 0.2) is 0 Å². The number of hydrogen-bond acceptors (Lipinski definition) is 3. The highest BCUT2D eigenvalue weighted by molar-refractivity contribution is 7.88. The molecule has 2 rings (SSSR count). The van der Waals surface area contributed by atoms with E-state index < -0.39 is 27.5 Å². The molecule has 0 amide bonds. The molecule has 1 aliphatic rings. The van der Waals surface area contributed by atoms with Gasteiger partial charge in [0, 0.05) is 19.1 Å². The second-order valence-electron chi connectivity index (χ2n) is 5.71. The fourth-order valence-corrected chi connectivity index (χ4v) is 4.65. The molecule has 1 saturated heterocycles. The smallest absolute Gasteiger partial charge is 0.315 e. The van der Waals surface area contributed by atoms with Crippen LogP contribution in [0.1, 0.15) is 30.9 Å². The number of nitrogens with one attached hydrogen (secondary N) is 1. The van der Waals surface area contributed by atoms with Crippen LogP contribution in [0.25, 0.3) is 0 Å². The first-order valence-electron chi connectivity index (χ1n) is 7.60. The molecule has 1 aromatic carbocycles. The predicted octanol–water partition coefficient (Wildman–Crippen LogP) is 3.03. The average molecular weight is 387 g/mol. The van der Waals surface area contributed by atoms with Crippen LogP contribution in [0, 0.1) is 0 Å². The molecule has 4 nitrogen and oxygen atoms in total. The Bertz CT molecular complexity index is 632. The van der Waals surface area contributed by atoms with Crippen molar-refractivity contribution in [2.75, 3.05) is 19.6 Å². The normalized spacial score (nSPS) is 18.6. The summed E-state index contributed by atoms with van der Waals surface area (Å²) in [4.78, 5) is 0. The van der Waals surface area contributed by atoms with Gasteiger partial charge in [0.2, 0.25) is 10.0 Å². The fourth-order valence-electron chi connectivity index (χ4n) is 2.79. The minimum absolute atomic E-state index is 0. The number of halogens is 4. The number of alkyl halides is 3. The highest BCUT2D eigenvalue weighted by atomic mass is 35.5. The van der Waals surface area contributed by atoms with E-state index in [-0.39, 0.29) is 24.0 Å². The van der Waals surface area contributed by atoms with E-state index in [0.717, 1.165) is 25.1 Å². The molecule has 0 bridgehead atoms. The maximum absolute atomic E-state index is 12.8. The van der Waals surface area contributed by atoms with E-state index in [0.29, 0.717) is 19.5 Å². The molecule has 0 aliphatic carbocycles. The Morgan fingerprint density at radius 1 is 1.33 bits per heavy atom. The average Bonchev–Trinajstić information content (AvgIpc) is 2.97. The SMILES string of the molecule is CCCN(C1CCNC1)S(=O)(=O)Cc1cccc(C(F)(F)F)c1.Cl. The van der Waals surface area contributed by atoms with Gasteiger partial charge in [-0.1, -0.05) is 25.1 Å². The molecule has 1 fully saturated rings. The number of hydrogen-bond donors (Lipinski definition) is 1. The topological polar surface area (TPSA) is 49.4 Å². The first kappa shape index (κ1) is 21.2. The summed E-state index contributed by atoms with van der Waals surface area (Å²) in [6.07, 6.45) is -3.08. The van der Waals surface area contributed by atoms with Crippen LogP contribution in [0.15, 0.2) is 24.3 Å². The molecule has 0 aromatic heterocycles. The predicted molar refractivity (Wildman–Crippen MR) is 89.6 cm³/mol. The highest BCUT2D eigenvalue weighted by Crippen LogP contribution is 2.30. The monoisotopic (exact) mass is 386 g/mol. The van der Waals surface area contributed by atoms with Crippen LogP contribution in [0.4, 0.5) is 13.2 Å². The summed E-state index contributed by atoms with van der Waals surface area (Å²) in [6.45, 7) is 3.61. The maximum Gasteiger partial charge on any atom is 0.416 e. The molecular formula is C15H22ClF3N2O2S. The summed E-state index contributed by atoms with van der Waals surface area (Å²) < 4.78 is 65.0.